The number of hydrogen-bond acceptors (Lipinski definition) is 5. The van der Waals surface area contributed by atoms with Gasteiger partial charge in [-0.3, -0.25) is 10.2 Å². The van der Waals surface area contributed by atoms with Gasteiger partial charge in [0.15, 0.2) is 0 Å². The van der Waals surface area contributed by atoms with Gasteiger partial charge in [-0.1, -0.05) is 30.3 Å². The number of nitriles is 1. The summed E-state index contributed by atoms with van der Waals surface area (Å²) in [4.78, 5) is 22.8. The van der Waals surface area contributed by atoms with Crippen molar-refractivity contribution in [1.29, 1.82) is 5.26 Å². The van der Waals surface area contributed by atoms with E-state index in [0.717, 1.165) is 0 Å². The molecule has 0 aliphatic rings. The van der Waals surface area contributed by atoms with Crippen molar-refractivity contribution in [1.82, 2.24) is 0 Å². The molecular weight excluding hydrogens is 282 g/mol. The number of carboxylic acids is 1. The Labute approximate surface area is 126 Å². The number of hydrazone groups is 1. The van der Waals surface area contributed by atoms with E-state index < -0.39 is 11.8 Å². The first-order valence-corrected chi connectivity index (χ1v) is 6.28. The van der Waals surface area contributed by atoms with E-state index in [0.29, 0.717) is 11.3 Å². The zero-order chi connectivity index (χ0) is 15.9. The quantitative estimate of drug-likeness (QED) is 0.501. The number of nitrogens with zero attached hydrogens (tertiary/aromatic N) is 2. The lowest BCUT2D eigenvalue weighted by molar-refractivity contribution is 0.0696. The normalized spacial score (nSPS) is 10.6. The van der Waals surface area contributed by atoms with E-state index in [1.54, 1.807) is 36.4 Å². The maximum atomic E-state index is 12.1. The molecule has 0 saturated carbocycles. The maximum absolute atomic E-state index is 12.1. The molecule has 0 bridgehead atoms. The summed E-state index contributed by atoms with van der Waals surface area (Å²) in [5.41, 5.74) is 3.25. The summed E-state index contributed by atoms with van der Waals surface area (Å²) in [6.45, 7) is 0. The first-order chi connectivity index (χ1) is 10.6. The highest BCUT2D eigenvalue weighted by molar-refractivity contribution is 6.51. The van der Waals surface area contributed by atoms with Crippen LogP contribution in [0.2, 0.25) is 0 Å². The maximum Gasteiger partial charge on any atom is 0.335 e. The van der Waals surface area contributed by atoms with E-state index in [1.807, 2.05) is 0 Å². The molecule has 0 spiro atoms. The lowest BCUT2D eigenvalue weighted by Gasteiger charge is -2.02. The number of hydrogen-bond donors (Lipinski definition) is 2. The number of carboxylic acid groups (broad SMARTS) is 1. The van der Waals surface area contributed by atoms with Gasteiger partial charge in [-0.2, -0.15) is 10.4 Å². The van der Waals surface area contributed by atoms with Crippen LogP contribution in [-0.2, 0) is 0 Å². The monoisotopic (exact) mass is 293 g/mol. The second-order valence-corrected chi connectivity index (χ2v) is 4.26. The van der Waals surface area contributed by atoms with Crippen molar-refractivity contribution in [2.45, 2.75) is 0 Å². The molecular formula is C16H11N3O3. The highest BCUT2D eigenvalue weighted by Gasteiger charge is 2.13. The number of nitrogens with one attached hydrogen (secondary N) is 1. The molecule has 2 N–H and O–H groups in total. The average Bonchev–Trinajstić information content (AvgIpc) is 2.56. The fraction of sp³-hybridized carbons (Fsp3) is 0. The summed E-state index contributed by atoms with van der Waals surface area (Å²) in [5.74, 6) is -1.52. The van der Waals surface area contributed by atoms with E-state index >= 15 is 0 Å². The Kier molecular flexibility index (Phi) is 4.63. The number of Topliss-reactive ketones (excluding diaryl/α,β-unsaturated/α-hetero) is 1. The summed E-state index contributed by atoms with van der Waals surface area (Å²) in [7, 11) is 0. The number of ketones is 1. The van der Waals surface area contributed by atoms with E-state index in [1.165, 1.54) is 24.3 Å². The minimum atomic E-state index is -1.04. The Bertz CT molecular complexity index is 759. The summed E-state index contributed by atoms with van der Waals surface area (Å²) in [6.07, 6.45) is 0. The molecule has 2 aromatic rings. The molecule has 22 heavy (non-hydrogen) atoms. The predicted molar refractivity (Wildman–Crippen MR) is 80.8 cm³/mol. The van der Waals surface area contributed by atoms with Gasteiger partial charge >= 0.3 is 5.97 Å². The first-order valence-electron chi connectivity index (χ1n) is 6.28. The zero-order valence-electron chi connectivity index (χ0n) is 11.4. The van der Waals surface area contributed by atoms with E-state index in [-0.39, 0.29) is 11.3 Å². The van der Waals surface area contributed by atoms with Crippen LogP contribution in [0.1, 0.15) is 20.7 Å². The topological polar surface area (TPSA) is 103 Å². The van der Waals surface area contributed by atoms with Crippen molar-refractivity contribution in [2.75, 3.05) is 5.43 Å². The van der Waals surface area contributed by atoms with Gasteiger partial charge in [0, 0.05) is 5.56 Å². The van der Waals surface area contributed by atoms with Crippen molar-refractivity contribution < 1.29 is 14.7 Å². The minimum Gasteiger partial charge on any atom is -0.478 e. The van der Waals surface area contributed by atoms with Crippen LogP contribution in [0.3, 0.4) is 0 Å². The van der Waals surface area contributed by atoms with Crippen LogP contribution in [-0.4, -0.2) is 22.6 Å². The molecule has 0 aliphatic carbocycles. The van der Waals surface area contributed by atoms with Gasteiger partial charge in [-0.15, -0.1) is 0 Å². The van der Waals surface area contributed by atoms with Crippen molar-refractivity contribution in [2.24, 2.45) is 5.10 Å². The molecule has 0 amide bonds. The van der Waals surface area contributed by atoms with E-state index in [2.05, 4.69) is 10.5 Å². The molecule has 0 heterocycles. The lowest BCUT2D eigenvalue weighted by Crippen LogP contribution is -2.14. The molecule has 0 saturated heterocycles. The third kappa shape index (κ3) is 3.55. The molecule has 0 unspecified atom stereocenters. The summed E-state index contributed by atoms with van der Waals surface area (Å²) < 4.78 is 0. The Balaban J connectivity index is 2.15. The molecule has 108 valence electrons. The van der Waals surface area contributed by atoms with Gasteiger partial charge in [0.2, 0.25) is 11.5 Å². The second kappa shape index (κ2) is 6.81. The molecule has 0 aliphatic heterocycles. The first kappa shape index (κ1) is 14.9. The van der Waals surface area contributed by atoms with Crippen LogP contribution < -0.4 is 5.43 Å². The summed E-state index contributed by atoms with van der Waals surface area (Å²) in [6, 6.07) is 15.9. The van der Waals surface area contributed by atoms with Crippen LogP contribution in [0, 0.1) is 11.3 Å². The van der Waals surface area contributed by atoms with Gasteiger partial charge in [0.05, 0.1) is 11.3 Å². The molecule has 0 fully saturated rings. The van der Waals surface area contributed by atoms with Crippen LogP contribution in [0.4, 0.5) is 5.69 Å². The molecule has 0 aromatic heterocycles. The minimum absolute atomic E-state index is 0.135. The Morgan fingerprint density at radius 1 is 1.00 bits per heavy atom. The fourth-order valence-corrected chi connectivity index (χ4v) is 1.66. The van der Waals surface area contributed by atoms with Crippen molar-refractivity contribution >= 4 is 23.2 Å². The Morgan fingerprint density at radius 3 is 2.18 bits per heavy atom. The zero-order valence-corrected chi connectivity index (χ0v) is 11.4. The third-order valence-corrected chi connectivity index (χ3v) is 2.79. The molecule has 2 aromatic carbocycles. The number of aromatic carboxylic acids is 1. The molecule has 2 rings (SSSR count). The third-order valence-electron chi connectivity index (χ3n) is 2.79. The number of carbonyl (C=O) groups excluding carboxylic acids is 1. The summed E-state index contributed by atoms with van der Waals surface area (Å²) >= 11 is 0. The molecule has 6 heteroatoms. The van der Waals surface area contributed by atoms with Crippen LogP contribution in [0.25, 0.3) is 0 Å². The SMILES string of the molecule is N#C/C(=N/Nc1ccc(C(=O)O)cc1)C(=O)c1ccccc1. The average molecular weight is 293 g/mol. The Morgan fingerprint density at radius 2 is 1.64 bits per heavy atom. The van der Waals surface area contributed by atoms with Crippen molar-refractivity contribution in [3.05, 3.63) is 65.7 Å². The summed E-state index contributed by atoms with van der Waals surface area (Å²) in [5, 5.41) is 21.6. The predicted octanol–water partition coefficient (Wildman–Crippen LogP) is 2.56. The highest BCUT2D eigenvalue weighted by Crippen LogP contribution is 2.10. The van der Waals surface area contributed by atoms with E-state index in [9.17, 15) is 9.59 Å². The van der Waals surface area contributed by atoms with Crippen molar-refractivity contribution in [3.63, 3.8) is 0 Å². The van der Waals surface area contributed by atoms with Gasteiger partial charge in [-0.25, -0.2) is 4.79 Å². The fourth-order valence-electron chi connectivity index (χ4n) is 1.66. The molecule has 0 radical (unpaired) electrons. The van der Waals surface area contributed by atoms with Crippen LogP contribution in [0.5, 0.6) is 0 Å². The van der Waals surface area contributed by atoms with Crippen LogP contribution in [0.15, 0.2) is 59.7 Å². The van der Waals surface area contributed by atoms with E-state index in [4.69, 9.17) is 10.4 Å². The number of carbonyl (C=O) groups is 2. The lowest BCUT2D eigenvalue weighted by atomic mass is 10.1. The largest absolute Gasteiger partial charge is 0.478 e. The smallest absolute Gasteiger partial charge is 0.335 e. The van der Waals surface area contributed by atoms with Crippen LogP contribution >= 0.6 is 0 Å². The highest BCUT2D eigenvalue weighted by atomic mass is 16.4. The van der Waals surface area contributed by atoms with Crippen molar-refractivity contribution in [3.8, 4) is 6.07 Å². The molecule has 0 atom stereocenters. The molecule has 6 nitrogen and oxygen atoms in total. The number of rotatable bonds is 5. The number of anilines is 1. The van der Waals surface area contributed by atoms with Gasteiger partial charge < -0.3 is 5.11 Å². The van der Waals surface area contributed by atoms with Gasteiger partial charge in [0.25, 0.3) is 0 Å². The van der Waals surface area contributed by atoms with Gasteiger partial charge in [0.1, 0.15) is 6.07 Å². The Hall–Kier alpha value is -3.46. The standard InChI is InChI=1S/C16H11N3O3/c17-10-14(15(20)11-4-2-1-3-5-11)19-18-13-8-6-12(7-9-13)16(21)22/h1-9,18H,(H,21,22)/b19-14-. The number of benzene rings is 2. The second-order valence-electron chi connectivity index (χ2n) is 4.26. The van der Waals surface area contributed by atoms with Gasteiger partial charge in [-0.05, 0) is 24.3 Å².